The molecular formula is C9H18O5S. The molecule has 0 bridgehead atoms. The molecule has 3 unspecified atom stereocenters. The fourth-order valence-electron chi connectivity index (χ4n) is 2.02. The Morgan fingerprint density at radius 3 is 2.47 bits per heavy atom. The molecule has 15 heavy (non-hydrogen) atoms. The van der Waals surface area contributed by atoms with Gasteiger partial charge in [-0.15, -0.1) is 0 Å². The van der Waals surface area contributed by atoms with Crippen LogP contribution in [0.2, 0.25) is 0 Å². The highest BCUT2D eigenvalue weighted by Crippen LogP contribution is 2.29. The van der Waals surface area contributed by atoms with Crippen LogP contribution in [0.15, 0.2) is 0 Å². The molecule has 0 aromatic carbocycles. The van der Waals surface area contributed by atoms with Crippen molar-refractivity contribution in [1.82, 2.24) is 0 Å². The fourth-order valence-corrected chi connectivity index (χ4v) is 2.65. The quantitative estimate of drug-likeness (QED) is 0.752. The van der Waals surface area contributed by atoms with Gasteiger partial charge in [0.25, 0.3) is 0 Å². The van der Waals surface area contributed by atoms with Crippen LogP contribution in [-0.2, 0) is 19.3 Å². The molecule has 0 saturated carbocycles. The minimum absolute atomic E-state index is 0.0561. The van der Waals surface area contributed by atoms with Crippen molar-refractivity contribution in [3.8, 4) is 0 Å². The third-order valence-electron chi connectivity index (χ3n) is 2.75. The van der Waals surface area contributed by atoms with Crippen LogP contribution in [0.3, 0.4) is 0 Å². The first-order valence-corrected chi connectivity index (χ1v) is 6.51. The van der Waals surface area contributed by atoms with Gasteiger partial charge in [0.15, 0.2) is 0 Å². The van der Waals surface area contributed by atoms with E-state index in [2.05, 4.69) is 4.18 Å². The first-order valence-electron chi connectivity index (χ1n) is 5.14. The topological polar surface area (TPSA) is 72.8 Å². The maximum Gasteiger partial charge on any atom is 0.397 e. The van der Waals surface area contributed by atoms with Gasteiger partial charge in [0.1, 0.15) is 6.10 Å². The zero-order valence-electron chi connectivity index (χ0n) is 9.21. The maximum atomic E-state index is 10.6. The lowest BCUT2D eigenvalue weighted by molar-refractivity contribution is -0.124. The largest absolute Gasteiger partial charge is 0.397 e. The summed E-state index contributed by atoms with van der Waals surface area (Å²) in [6, 6.07) is 0. The van der Waals surface area contributed by atoms with Gasteiger partial charge in [0, 0.05) is 0 Å². The molecule has 0 amide bonds. The van der Waals surface area contributed by atoms with Gasteiger partial charge in [-0.25, -0.2) is 4.18 Å². The van der Waals surface area contributed by atoms with Crippen molar-refractivity contribution >= 4 is 10.4 Å². The van der Waals surface area contributed by atoms with E-state index < -0.39 is 16.5 Å². The van der Waals surface area contributed by atoms with E-state index >= 15 is 0 Å². The van der Waals surface area contributed by atoms with Gasteiger partial charge in [-0.3, -0.25) is 4.55 Å². The lowest BCUT2D eigenvalue weighted by atomic mass is 9.90. The summed E-state index contributed by atoms with van der Waals surface area (Å²) in [6.07, 6.45) is 0.883. The summed E-state index contributed by atoms with van der Waals surface area (Å²) in [6.45, 7) is 5.68. The van der Waals surface area contributed by atoms with Gasteiger partial charge >= 0.3 is 10.4 Å². The number of ether oxygens (including phenoxy) is 1. The Hall–Kier alpha value is -0.170. The lowest BCUT2D eigenvalue weighted by Crippen LogP contribution is -2.44. The highest BCUT2D eigenvalue weighted by Gasteiger charge is 2.36. The van der Waals surface area contributed by atoms with E-state index in [4.69, 9.17) is 9.29 Å². The van der Waals surface area contributed by atoms with Crippen molar-refractivity contribution < 1.29 is 21.9 Å². The monoisotopic (exact) mass is 238 g/mol. The molecule has 4 atom stereocenters. The molecule has 1 rings (SSSR count). The van der Waals surface area contributed by atoms with Gasteiger partial charge in [-0.2, -0.15) is 8.42 Å². The van der Waals surface area contributed by atoms with E-state index in [1.54, 1.807) is 6.92 Å². The summed E-state index contributed by atoms with van der Waals surface area (Å²) in [5, 5.41) is 0. The number of rotatable bonds is 3. The fraction of sp³-hybridized carbons (Fsp3) is 1.00. The average Bonchev–Trinajstić information content (AvgIpc) is 2.09. The van der Waals surface area contributed by atoms with Gasteiger partial charge in [-0.1, -0.05) is 13.8 Å². The van der Waals surface area contributed by atoms with E-state index in [0.29, 0.717) is 0 Å². The molecular weight excluding hydrogens is 220 g/mol. The number of hydrogen-bond donors (Lipinski definition) is 1. The van der Waals surface area contributed by atoms with Crippen LogP contribution < -0.4 is 0 Å². The Balaban J connectivity index is 2.66. The number of hydrogen-bond acceptors (Lipinski definition) is 4. The van der Waals surface area contributed by atoms with Crippen molar-refractivity contribution in [3.63, 3.8) is 0 Å². The molecule has 6 heteroatoms. The van der Waals surface area contributed by atoms with Crippen LogP contribution in [0.1, 0.15) is 33.6 Å². The SMILES string of the molecule is CCC1CC(C)C(OS(=O)(=O)O)[C@H](C)O1. The smallest absolute Gasteiger partial charge is 0.373 e. The average molecular weight is 238 g/mol. The van der Waals surface area contributed by atoms with Crippen molar-refractivity contribution in [2.24, 2.45) is 5.92 Å². The Labute approximate surface area is 90.7 Å². The van der Waals surface area contributed by atoms with Crippen molar-refractivity contribution in [3.05, 3.63) is 0 Å². The summed E-state index contributed by atoms with van der Waals surface area (Å²) in [5.41, 5.74) is 0. The van der Waals surface area contributed by atoms with Gasteiger partial charge in [0.05, 0.1) is 12.2 Å². The Bertz CT molecular complexity index is 288. The maximum absolute atomic E-state index is 10.6. The Morgan fingerprint density at radius 1 is 1.47 bits per heavy atom. The normalized spacial score (nSPS) is 37.9. The van der Waals surface area contributed by atoms with Gasteiger partial charge < -0.3 is 4.74 Å². The van der Waals surface area contributed by atoms with E-state index in [0.717, 1.165) is 12.8 Å². The molecule has 1 saturated heterocycles. The summed E-state index contributed by atoms with van der Waals surface area (Å²) in [7, 11) is -4.39. The van der Waals surface area contributed by atoms with E-state index in [1.807, 2.05) is 13.8 Å². The first kappa shape index (κ1) is 12.9. The molecule has 1 heterocycles. The molecule has 0 radical (unpaired) electrons. The summed E-state index contributed by atoms with van der Waals surface area (Å²) in [5.74, 6) is 0.0561. The minimum Gasteiger partial charge on any atom is -0.373 e. The van der Waals surface area contributed by atoms with E-state index in [-0.39, 0.29) is 18.1 Å². The predicted octanol–water partition coefficient (Wildman–Crippen LogP) is 1.40. The Kier molecular flexibility index (Phi) is 4.11. The highest BCUT2D eigenvalue weighted by molar-refractivity contribution is 7.80. The van der Waals surface area contributed by atoms with Crippen molar-refractivity contribution in [2.75, 3.05) is 0 Å². The summed E-state index contributed by atoms with van der Waals surface area (Å²) < 4.78 is 40.0. The second-order valence-corrected chi connectivity index (χ2v) is 5.12. The van der Waals surface area contributed by atoms with Crippen LogP contribution in [0.5, 0.6) is 0 Å². The lowest BCUT2D eigenvalue weighted by Gasteiger charge is -2.37. The molecule has 0 aliphatic carbocycles. The first-order chi connectivity index (χ1) is 6.83. The molecule has 90 valence electrons. The van der Waals surface area contributed by atoms with Crippen molar-refractivity contribution in [1.29, 1.82) is 0 Å². The van der Waals surface area contributed by atoms with Crippen LogP contribution in [0.4, 0.5) is 0 Å². The molecule has 5 nitrogen and oxygen atoms in total. The van der Waals surface area contributed by atoms with E-state index in [9.17, 15) is 8.42 Å². The van der Waals surface area contributed by atoms with Crippen LogP contribution >= 0.6 is 0 Å². The molecule has 0 aromatic heterocycles. The van der Waals surface area contributed by atoms with Gasteiger partial charge in [0.2, 0.25) is 0 Å². The summed E-state index contributed by atoms with van der Waals surface area (Å²) >= 11 is 0. The second-order valence-electron chi connectivity index (χ2n) is 4.07. The third kappa shape index (κ3) is 3.71. The molecule has 1 N–H and O–H groups in total. The van der Waals surface area contributed by atoms with Crippen LogP contribution in [0, 0.1) is 5.92 Å². The minimum atomic E-state index is -4.39. The molecule has 0 aromatic rings. The van der Waals surface area contributed by atoms with Crippen LogP contribution in [-0.4, -0.2) is 31.3 Å². The third-order valence-corrected chi connectivity index (χ3v) is 3.22. The molecule has 1 aliphatic heterocycles. The van der Waals surface area contributed by atoms with Crippen LogP contribution in [0.25, 0.3) is 0 Å². The summed E-state index contributed by atoms with van der Waals surface area (Å²) in [4.78, 5) is 0. The second kappa shape index (κ2) is 4.78. The Morgan fingerprint density at radius 2 is 2.07 bits per heavy atom. The standard InChI is InChI=1S/C9H18O5S/c1-4-8-5-6(2)9(7(3)13-8)14-15(10,11)12/h6-9H,4-5H2,1-3H3,(H,10,11,12)/t6?,7-,8?,9?/m0/s1. The van der Waals surface area contributed by atoms with E-state index in [1.165, 1.54) is 0 Å². The highest BCUT2D eigenvalue weighted by atomic mass is 32.3. The molecule has 0 spiro atoms. The zero-order chi connectivity index (χ0) is 11.6. The van der Waals surface area contributed by atoms with Gasteiger partial charge in [-0.05, 0) is 25.7 Å². The zero-order valence-corrected chi connectivity index (χ0v) is 10.0. The predicted molar refractivity (Wildman–Crippen MR) is 54.8 cm³/mol. The molecule has 1 fully saturated rings. The molecule has 1 aliphatic rings. The van der Waals surface area contributed by atoms with Crippen molar-refractivity contribution in [2.45, 2.75) is 51.9 Å².